The molecular formula is C14H15NS. The molecule has 0 saturated carbocycles. The average molecular weight is 229 g/mol. The lowest BCUT2D eigenvalue weighted by molar-refractivity contribution is 1.32. The van der Waals surface area contributed by atoms with Gasteiger partial charge in [0.1, 0.15) is 0 Å². The lowest BCUT2D eigenvalue weighted by Crippen LogP contribution is -2.05. The Morgan fingerprint density at radius 1 is 0.875 bits per heavy atom. The predicted octanol–water partition coefficient (Wildman–Crippen LogP) is 4.14. The third-order valence-electron chi connectivity index (χ3n) is 2.38. The largest absolute Gasteiger partial charge is 0.315 e. The summed E-state index contributed by atoms with van der Waals surface area (Å²) in [6.07, 6.45) is 0. The lowest BCUT2D eigenvalue weighted by Gasteiger charge is -2.17. The summed E-state index contributed by atoms with van der Waals surface area (Å²) < 4.78 is 2.17. The highest BCUT2D eigenvalue weighted by Gasteiger charge is 2.01. The zero-order valence-electron chi connectivity index (χ0n) is 9.55. The maximum Gasteiger partial charge on any atom is 0.0469 e. The molecule has 1 nitrogen and oxygen atoms in total. The molecule has 0 aliphatic rings. The summed E-state index contributed by atoms with van der Waals surface area (Å²) in [5.41, 5.74) is 2.51. The molecule has 0 amide bonds. The van der Waals surface area contributed by atoms with Crippen LogP contribution < -0.4 is 4.31 Å². The normalized spacial score (nSPS) is 10.1. The summed E-state index contributed by atoms with van der Waals surface area (Å²) >= 11 is 1.74. The number of anilines is 1. The molecule has 0 fully saturated rings. The molecule has 16 heavy (non-hydrogen) atoms. The number of aryl methyl sites for hydroxylation is 1. The second kappa shape index (κ2) is 5.08. The number of rotatable bonds is 3. The fraction of sp³-hybridized carbons (Fsp3) is 0.143. The van der Waals surface area contributed by atoms with Crippen LogP contribution in [0.2, 0.25) is 0 Å². The quantitative estimate of drug-likeness (QED) is 0.728. The molecule has 0 aliphatic heterocycles. The molecule has 0 bridgehead atoms. The third kappa shape index (κ3) is 2.80. The first kappa shape index (κ1) is 11.1. The van der Waals surface area contributed by atoms with Crippen LogP contribution in [-0.4, -0.2) is 7.05 Å². The summed E-state index contributed by atoms with van der Waals surface area (Å²) in [4.78, 5) is 1.26. The van der Waals surface area contributed by atoms with Crippen molar-refractivity contribution in [3.63, 3.8) is 0 Å². The summed E-state index contributed by atoms with van der Waals surface area (Å²) in [5, 5.41) is 0. The van der Waals surface area contributed by atoms with Gasteiger partial charge in [0.25, 0.3) is 0 Å². The molecule has 0 radical (unpaired) electrons. The molecule has 2 heteroatoms. The van der Waals surface area contributed by atoms with Gasteiger partial charge in [-0.1, -0.05) is 35.9 Å². The van der Waals surface area contributed by atoms with E-state index in [0.717, 1.165) is 0 Å². The monoisotopic (exact) mass is 229 g/mol. The molecule has 0 saturated heterocycles. The summed E-state index contributed by atoms with van der Waals surface area (Å²) in [7, 11) is 2.08. The van der Waals surface area contributed by atoms with Crippen molar-refractivity contribution in [1.29, 1.82) is 0 Å². The van der Waals surface area contributed by atoms with E-state index in [1.807, 2.05) is 6.07 Å². The van der Waals surface area contributed by atoms with Crippen molar-refractivity contribution < 1.29 is 0 Å². The second-order valence-corrected chi connectivity index (χ2v) is 4.94. The number of benzene rings is 2. The van der Waals surface area contributed by atoms with E-state index < -0.39 is 0 Å². The number of hydrogen-bond donors (Lipinski definition) is 0. The molecule has 0 N–H and O–H groups in total. The highest BCUT2D eigenvalue weighted by atomic mass is 32.2. The van der Waals surface area contributed by atoms with Crippen molar-refractivity contribution in [2.24, 2.45) is 0 Å². The Bertz CT molecular complexity index is 436. The molecule has 82 valence electrons. The van der Waals surface area contributed by atoms with Gasteiger partial charge in [-0.25, -0.2) is 0 Å². The molecule has 2 aromatic rings. The van der Waals surface area contributed by atoms with Gasteiger partial charge in [-0.05, 0) is 43.1 Å². The van der Waals surface area contributed by atoms with Crippen molar-refractivity contribution in [2.45, 2.75) is 11.8 Å². The Kier molecular flexibility index (Phi) is 3.52. The molecule has 0 heterocycles. The van der Waals surface area contributed by atoms with E-state index in [9.17, 15) is 0 Å². The van der Waals surface area contributed by atoms with E-state index in [1.165, 1.54) is 16.1 Å². The van der Waals surface area contributed by atoms with E-state index in [-0.39, 0.29) is 0 Å². The first-order valence-corrected chi connectivity index (χ1v) is 6.06. The van der Waals surface area contributed by atoms with Crippen LogP contribution in [0, 0.1) is 6.92 Å². The Labute approximate surface area is 101 Å². The fourth-order valence-electron chi connectivity index (χ4n) is 1.45. The zero-order valence-corrected chi connectivity index (χ0v) is 10.4. The van der Waals surface area contributed by atoms with Gasteiger partial charge in [-0.15, -0.1) is 0 Å². The second-order valence-electron chi connectivity index (χ2n) is 3.74. The van der Waals surface area contributed by atoms with Crippen molar-refractivity contribution in [3.05, 3.63) is 60.2 Å². The van der Waals surface area contributed by atoms with E-state index in [2.05, 4.69) is 66.8 Å². The third-order valence-corrected chi connectivity index (χ3v) is 3.35. The van der Waals surface area contributed by atoms with Crippen LogP contribution >= 0.6 is 11.9 Å². The van der Waals surface area contributed by atoms with E-state index in [4.69, 9.17) is 0 Å². The Morgan fingerprint density at radius 3 is 2.12 bits per heavy atom. The maximum absolute atomic E-state index is 2.17. The topological polar surface area (TPSA) is 3.24 Å². The number of nitrogens with zero attached hydrogens (tertiary/aromatic N) is 1. The summed E-state index contributed by atoms with van der Waals surface area (Å²) in [6, 6.07) is 19.0. The first-order valence-electron chi connectivity index (χ1n) is 5.29. The number of hydrogen-bond acceptors (Lipinski definition) is 2. The lowest BCUT2D eigenvalue weighted by atomic mass is 10.2. The fourth-order valence-corrected chi connectivity index (χ4v) is 2.25. The van der Waals surface area contributed by atoms with E-state index >= 15 is 0 Å². The Balaban J connectivity index is 2.08. The van der Waals surface area contributed by atoms with Gasteiger partial charge in [0.05, 0.1) is 0 Å². The van der Waals surface area contributed by atoms with Crippen LogP contribution in [0.25, 0.3) is 0 Å². The van der Waals surface area contributed by atoms with Crippen LogP contribution in [-0.2, 0) is 0 Å². The zero-order chi connectivity index (χ0) is 11.4. The molecule has 0 atom stereocenters. The minimum Gasteiger partial charge on any atom is -0.315 e. The van der Waals surface area contributed by atoms with Gasteiger partial charge in [0.15, 0.2) is 0 Å². The van der Waals surface area contributed by atoms with Gasteiger partial charge in [0, 0.05) is 17.6 Å². The van der Waals surface area contributed by atoms with Crippen LogP contribution in [0.15, 0.2) is 59.5 Å². The maximum atomic E-state index is 2.17. The van der Waals surface area contributed by atoms with Crippen LogP contribution in [0.5, 0.6) is 0 Å². The van der Waals surface area contributed by atoms with Crippen molar-refractivity contribution in [1.82, 2.24) is 0 Å². The standard InChI is InChI=1S/C14H15NS/c1-12-8-10-14(11-9-12)16-15(2)13-6-4-3-5-7-13/h3-11H,1-2H3. The molecule has 2 rings (SSSR count). The van der Waals surface area contributed by atoms with Crippen LogP contribution in [0.4, 0.5) is 5.69 Å². The van der Waals surface area contributed by atoms with Crippen LogP contribution in [0.1, 0.15) is 5.56 Å². The Morgan fingerprint density at radius 2 is 1.50 bits per heavy atom. The van der Waals surface area contributed by atoms with Gasteiger partial charge < -0.3 is 4.31 Å². The van der Waals surface area contributed by atoms with Crippen LogP contribution in [0.3, 0.4) is 0 Å². The van der Waals surface area contributed by atoms with Crippen molar-refractivity contribution >= 4 is 17.6 Å². The summed E-state index contributed by atoms with van der Waals surface area (Å²) in [5.74, 6) is 0. The molecule has 0 spiro atoms. The first-order chi connectivity index (χ1) is 7.75. The smallest absolute Gasteiger partial charge is 0.0469 e. The highest BCUT2D eigenvalue weighted by molar-refractivity contribution is 8.00. The minimum atomic E-state index is 1.22. The molecular weight excluding hydrogens is 214 g/mol. The van der Waals surface area contributed by atoms with E-state index in [1.54, 1.807) is 11.9 Å². The van der Waals surface area contributed by atoms with E-state index in [0.29, 0.717) is 0 Å². The molecule has 2 aromatic carbocycles. The molecule has 0 aromatic heterocycles. The van der Waals surface area contributed by atoms with Gasteiger partial charge in [-0.2, -0.15) is 0 Å². The SMILES string of the molecule is Cc1ccc(SN(C)c2ccccc2)cc1. The number of para-hydroxylation sites is 1. The average Bonchev–Trinajstić information content (AvgIpc) is 2.33. The minimum absolute atomic E-state index is 1.22. The highest BCUT2D eigenvalue weighted by Crippen LogP contribution is 2.26. The molecule has 0 aliphatic carbocycles. The van der Waals surface area contributed by atoms with Gasteiger partial charge in [-0.3, -0.25) is 0 Å². The summed E-state index contributed by atoms with van der Waals surface area (Å²) in [6.45, 7) is 2.11. The predicted molar refractivity (Wildman–Crippen MR) is 71.9 cm³/mol. The van der Waals surface area contributed by atoms with Gasteiger partial charge >= 0.3 is 0 Å². The molecule has 0 unspecified atom stereocenters. The van der Waals surface area contributed by atoms with Gasteiger partial charge in [0.2, 0.25) is 0 Å². The van der Waals surface area contributed by atoms with Crippen molar-refractivity contribution in [3.8, 4) is 0 Å². The van der Waals surface area contributed by atoms with Crippen molar-refractivity contribution in [2.75, 3.05) is 11.4 Å². The Hall–Kier alpha value is -1.41.